The van der Waals surface area contributed by atoms with E-state index in [1.54, 1.807) is 24.4 Å². The van der Waals surface area contributed by atoms with Gasteiger partial charge in [-0.3, -0.25) is 20.4 Å². The highest BCUT2D eigenvalue weighted by Gasteiger charge is 2.09. The van der Waals surface area contributed by atoms with Gasteiger partial charge in [-0.05, 0) is 18.4 Å². The first-order chi connectivity index (χ1) is 10.5. The number of hydrogen-bond donors (Lipinski definition) is 2. The number of esters is 2. The van der Waals surface area contributed by atoms with Crippen molar-refractivity contribution in [3.05, 3.63) is 34.5 Å². The second kappa shape index (κ2) is 9.29. The van der Waals surface area contributed by atoms with Crippen molar-refractivity contribution in [2.24, 2.45) is 0 Å². The van der Waals surface area contributed by atoms with E-state index in [0.717, 1.165) is 12.2 Å². The van der Waals surface area contributed by atoms with Crippen LogP contribution >= 0.6 is 11.3 Å². The highest BCUT2D eigenvalue weighted by molar-refractivity contribution is 7.12. The Hall–Kier alpha value is -2.68. The Morgan fingerprint density at radius 3 is 2.41 bits per heavy atom. The summed E-state index contributed by atoms with van der Waals surface area (Å²) in [7, 11) is 0. The van der Waals surface area contributed by atoms with Crippen LogP contribution in [-0.2, 0) is 23.9 Å². The summed E-state index contributed by atoms with van der Waals surface area (Å²) < 4.78 is 9.12. The van der Waals surface area contributed by atoms with Crippen LogP contribution in [0.15, 0.2) is 29.7 Å². The maximum absolute atomic E-state index is 11.5. The first-order valence-electron chi connectivity index (χ1n) is 6.17. The third-order valence-electron chi connectivity index (χ3n) is 2.05. The molecule has 0 aliphatic rings. The molecule has 1 aromatic heterocycles. The van der Waals surface area contributed by atoms with Gasteiger partial charge in [-0.25, -0.2) is 9.59 Å². The van der Waals surface area contributed by atoms with Crippen LogP contribution in [0.1, 0.15) is 16.6 Å². The van der Waals surface area contributed by atoms with Crippen molar-refractivity contribution < 1.29 is 28.7 Å². The molecule has 2 N–H and O–H groups in total. The maximum atomic E-state index is 11.5. The lowest BCUT2D eigenvalue weighted by Gasteiger charge is -2.06. The predicted octanol–water partition coefficient (Wildman–Crippen LogP) is 0.172. The van der Waals surface area contributed by atoms with Crippen LogP contribution in [0.5, 0.6) is 0 Å². The Kier molecular flexibility index (Phi) is 7.34. The number of amides is 2. The predicted molar refractivity (Wildman–Crippen MR) is 76.7 cm³/mol. The fourth-order valence-corrected chi connectivity index (χ4v) is 1.76. The van der Waals surface area contributed by atoms with Crippen molar-refractivity contribution in [1.29, 1.82) is 0 Å². The molecule has 1 aromatic rings. The van der Waals surface area contributed by atoms with E-state index in [4.69, 9.17) is 0 Å². The van der Waals surface area contributed by atoms with Crippen molar-refractivity contribution >= 4 is 35.1 Å². The lowest BCUT2D eigenvalue weighted by molar-refractivity contribution is -0.144. The van der Waals surface area contributed by atoms with Gasteiger partial charge in [-0.2, -0.15) is 0 Å². The minimum atomic E-state index is -0.882. The number of ether oxygens (including phenoxy) is 2. The van der Waals surface area contributed by atoms with Crippen molar-refractivity contribution in [2.45, 2.75) is 6.92 Å². The summed E-state index contributed by atoms with van der Waals surface area (Å²) in [6.45, 7) is 1.21. The van der Waals surface area contributed by atoms with Crippen LogP contribution in [0.2, 0.25) is 0 Å². The zero-order valence-corrected chi connectivity index (χ0v) is 12.5. The summed E-state index contributed by atoms with van der Waals surface area (Å²) in [4.78, 5) is 45.4. The van der Waals surface area contributed by atoms with E-state index in [1.165, 1.54) is 11.3 Å². The standard InChI is InChI=1S/C13H14N2O6S/c1-2-20-11(17)5-6-12(18)21-8-10(16)14-15-13(19)9-4-3-7-22-9/h3-7H,2,8H2,1H3,(H,14,16)(H,15,19). The molecular weight excluding hydrogens is 312 g/mol. The van der Waals surface area contributed by atoms with E-state index in [2.05, 4.69) is 20.3 Å². The van der Waals surface area contributed by atoms with Crippen LogP contribution < -0.4 is 10.9 Å². The third kappa shape index (κ3) is 6.66. The molecule has 1 rings (SSSR count). The van der Waals surface area contributed by atoms with Gasteiger partial charge in [-0.15, -0.1) is 11.3 Å². The quantitative estimate of drug-likeness (QED) is 0.438. The SMILES string of the molecule is CCOC(=O)C=CC(=O)OCC(=O)NNC(=O)c1cccs1. The van der Waals surface area contributed by atoms with Crippen molar-refractivity contribution in [2.75, 3.05) is 13.2 Å². The van der Waals surface area contributed by atoms with E-state index in [9.17, 15) is 19.2 Å². The summed E-state index contributed by atoms with van der Waals surface area (Å²) in [6.07, 6.45) is 1.73. The summed E-state index contributed by atoms with van der Waals surface area (Å²) in [6, 6.07) is 3.28. The van der Waals surface area contributed by atoms with Gasteiger partial charge in [0.15, 0.2) is 6.61 Å². The van der Waals surface area contributed by atoms with Gasteiger partial charge in [0.25, 0.3) is 11.8 Å². The van der Waals surface area contributed by atoms with Gasteiger partial charge in [0.2, 0.25) is 0 Å². The Morgan fingerprint density at radius 1 is 1.14 bits per heavy atom. The molecule has 0 bridgehead atoms. The molecule has 0 spiro atoms. The van der Waals surface area contributed by atoms with Gasteiger partial charge >= 0.3 is 11.9 Å². The van der Waals surface area contributed by atoms with E-state index in [1.807, 2.05) is 0 Å². The number of thiophene rings is 1. The molecule has 0 fully saturated rings. The Bertz CT molecular complexity index is 567. The Labute approximate surface area is 130 Å². The Balaban J connectivity index is 2.24. The van der Waals surface area contributed by atoms with Gasteiger partial charge in [-0.1, -0.05) is 6.07 Å². The number of carbonyl (C=O) groups excluding carboxylic acids is 4. The first-order valence-corrected chi connectivity index (χ1v) is 7.05. The average Bonchev–Trinajstić information content (AvgIpc) is 3.03. The van der Waals surface area contributed by atoms with Crippen molar-refractivity contribution in [3.8, 4) is 0 Å². The molecule has 8 nitrogen and oxygen atoms in total. The molecule has 9 heteroatoms. The molecule has 0 unspecified atom stereocenters. The van der Waals surface area contributed by atoms with Crippen molar-refractivity contribution in [1.82, 2.24) is 10.9 Å². The van der Waals surface area contributed by atoms with Crippen LogP contribution in [0, 0.1) is 0 Å². The van der Waals surface area contributed by atoms with E-state index >= 15 is 0 Å². The largest absolute Gasteiger partial charge is 0.463 e. The normalized spacial score (nSPS) is 10.0. The number of nitrogens with one attached hydrogen (secondary N) is 2. The van der Waals surface area contributed by atoms with Crippen molar-refractivity contribution in [3.63, 3.8) is 0 Å². The van der Waals surface area contributed by atoms with E-state index in [-0.39, 0.29) is 6.61 Å². The Morgan fingerprint density at radius 2 is 1.82 bits per heavy atom. The topological polar surface area (TPSA) is 111 Å². The van der Waals surface area contributed by atoms with E-state index < -0.39 is 30.4 Å². The third-order valence-corrected chi connectivity index (χ3v) is 2.92. The highest BCUT2D eigenvalue weighted by atomic mass is 32.1. The molecule has 0 radical (unpaired) electrons. The molecule has 22 heavy (non-hydrogen) atoms. The molecule has 2 amide bonds. The summed E-state index contributed by atoms with van der Waals surface area (Å²) in [5, 5.41) is 1.72. The summed E-state index contributed by atoms with van der Waals surface area (Å²) in [5.41, 5.74) is 4.25. The minimum Gasteiger partial charge on any atom is -0.463 e. The van der Waals surface area contributed by atoms with Crippen LogP contribution in [0.25, 0.3) is 0 Å². The molecule has 0 aromatic carbocycles. The minimum absolute atomic E-state index is 0.185. The lowest BCUT2D eigenvalue weighted by Crippen LogP contribution is -2.43. The van der Waals surface area contributed by atoms with Gasteiger partial charge in [0.05, 0.1) is 11.5 Å². The molecule has 0 saturated heterocycles. The van der Waals surface area contributed by atoms with E-state index in [0.29, 0.717) is 4.88 Å². The summed E-state index contributed by atoms with van der Waals surface area (Å²) >= 11 is 1.21. The molecule has 0 saturated carbocycles. The molecule has 118 valence electrons. The maximum Gasteiger partial charge on any atom is 0.331 e. The lowest BCUT2D eigenvalue weighted by atomic mass is 10.4. The molecule has 0 aliphatic heterocycles. The number of rotatable bonds is 6. The second-order valence-electron chi connectivity index (χ2n) is 3.67. The number of hydrazine groups is 1. The number of hydrogen-bond acceptors (Lipinski definition) is 7. The van der Waals surface area contributed by atoms with Crippen LogP contribution in [0.4, 0.5) is 0 Å². The highest BCUT2D eigenvalue weighted by Crippen LogP contribution is 2.06. The van der Waals surface area contributed by atoms with Gasteiger partial charge < -0.3 is 9.47 Å². The monoisotopic (exact) mass is 326 g/mol. The summed E-state index contributed by atoms with van der Waals surface area (Å²) in [5.74, 6) is -2.76. The zero-order chi connectivity index (χ0) is 16.4. The molecule has 0 aliphatic carbocycles. The molecule has 0 atom stereocenters. The van der Waals surface area contributed by atoms with Gasteiger partial charge in [0.1, 0.15) is 0 Å². The number of carbonyl (C=O) groups is 4. The first kappa shape index (κ1) is 17.4. The smallest absolute Gasteiger partial charge is 0.331 e. The second-order valence-corrected chi connectivity index (χ2v) is 4.62. The average molecular weight is 326 g/mol. The van der Waals surface area contributed by atoms with Crippen LogP contribution in [0.3, 0.4) is 0 Å². The fourth-order valence-electron chi connectivity index (χ4n) is 1.14. The zero-order valence-electron chi connectivity index (χ0n) is 11.7. The fraction of sp³-hybridized carbons (Fsp3) is 0.231. The molecular formula is C13H14N2O6S. The van der Waals surface area contributed by atoms with Gasteiger partial charge in [0, 0.05) is 12.2 Å². The molecule has 1 heterocycles. The van der Waals surface area contributed by atoms with Crippen LogP contribution in [-0.4, -0.2) is 37.0 Å².